The molecule has 0 aliphatic rings. The fourth-order valence-electron chi connectivity index (χ4n) is 2.27. The highest BCUT2D eigenvalue weighted by Crippen LogP contribution is 2.18. The lowest BCUT2D eigenvalue weighted by Gasteiger charge is -2.25. The molecule has 2 rings (SSSR count). The molecular formula is C18H20N2O4S2. The number of sulfonamides is 2. The Kier molecular flexibility index (Phi) is 6.23. The van der Waals surface area contributed by atoms with Crippen molar-refractivity contribution in [2.45, 2.75) is 9.79 Å². The monoisotopic (exact) mass is 392 g/mol. The van der Waals surface area contributed by atoms with Crippen LogP contribution in [-0.2, 0) is 20.0 Å². The van der Waals surface area contributed by atoms with Crippen LogP contribution in [0.5, 0.6) is 0 Å². The maximum Gasteiger partial charge on any atom is 0.263 e. The molecule has 0 radical (unpaired) electrons. The summed E-state index contributed by atoms with van der Waals surface area (Å²) < 4.78 is 52.6. The fraction of sp³-hybridized carbons (Fsp3) is 0.111. The van der Waals surface area contributed by atoms with Gasteiger partial charge in [0, 0.05) is 12.4 Å². The average Bonchev–Trinajstić information content (AvgIpc) is 2.66. The van der Waals surface area contributed by atoms with Crippen molar-refractivity contribution < 1.29 is 16.8 Å². The largest absolute Gasteiger partial charge is 0.272 e. The van der Waals surface area contributed by atoms with Gasteiger partial charge in [0.1, 0.15) is 0 Å². The molecule has 0 aromatic heterocycles. The van der Waals surface area contributed by atoms with Crippen LogP contribution < -0.4 is 0 Å². The first-order valence-corrected chi connectivity index (χ1v) is 10.6. The van der Waals surface area contributed by atoms with E-state index >= 15 is 0 Å². The third kappa shape index (κ3) is 4.14. The van der Waals surface area contributed by atoms with Crippen molar-refractivity contribution in [2.24, 2.45) is 0 Å². The van der Waals surface area contributed by atoms with Gasteiger partial charge in [-0.25, -0.2) is 16.8 Å². The van der Waals surface area contributed by atoms with E-state index in [1.54, 1.807) is 36.4 Å². The van der Waals surface area contributed by atoms with Crippen molar-refractivity contribution in [1.82, 2.24) is 8.61 Å². The summed E-state index contributed by atoms with van der Waals surface area (Å²) in [5, 5.41) is 0. The predicted octanol–water partition coefficient (Wildman–Crippen LogP) is 2.66. The van der Waals surface area contributed by atoms with Crippen molar-refractivity contribution in [1.29, 1.82) is 0 Å². The van der Waals surface area contributed by atoms with Gasteiger partial charge in [0.2, 0.25) is 0 Å². The van der Waals surface area contributed by atoms with Crippen molar-refractivity contribution >= 4 is 20.0 Å². The molecule has 8 heteroatoms. The number of nitrogens with zero attached hydrogens (tertiary/aromatic N) is 2. The van der Waals surface area contributed by atoms with Gasteiger partial charge >= 0.3 is 0 Å². The Bertz CT molecular complexity index is 875. The summed E-state index contributed by atoms with van der Waals surface area (Å²) in [5.41, 5.74) is 0. The minimum absolute atomic E-state index is 0.0984. The Labute approximate surface area is 154 Å². The summed E-state index contributed by atoms with van der Waals surface area (Å²) in [4.78, 5) is 0.215. The Balaban J connectivity index is 2.21. The van der Waals surface area contributed by atoms with Gasteiger partial charge in [0.25, 0.3) is 20.0 Å². The lowest BCUT2D eigenvalue weighted by atomic mass is 10.4. The Morgan fingerprint density at radius 2 is 0.962 bits per heavy atom. The highest BCUT2D eigenvalue weighted by Gasteiger charge is 2.25. The quantitative estimate of drug-likeness (QED) is 0.657. The molecule has 2 aromatic rings. The van der Waals surface area contributed by atoms with Crippen LogP contribution in [0.1, 0.15) is 0 Å². The molecule has 0 fully saturated rings. The molecular weight excluding hydrogens is 372 g/mol. The summed E-state index contributed by atoms with van der Waals surface area (Å²) in [7, 11) is -7.61. The third-order valence-corrected chi connectivity index (χ3v) is 7.28. The van der Waals surface area contributed by atoms with E-state index in [4.69, 9.17) is 0 Å². The second kappa shape index (κ2) is 8.20. The van der Waals surface area contributed by atoms with Crippen LogP contribution in [0, 0.1) is 0 Å². The first-order valence-electron chi connectivity index (χ1n) is 7.73. The van der Waals surface area contributed by atoms with Crippen molar-refractivity contribution in [3.05, 3.63) is 86.2 Å². The first kappa shape index (κ1) is 19.7. The molecule has 6 nitrogen and oxygen atoms in total. The first-order chi connectivity index (χ1) is 12.3. The molecule has 0 saturated carbocycles. The second-order valence-electron chi connectivity index (χ2n) is 5.22. The van der Waals surface area contributed by atoms with E-state index in [0.29, 0.717) is 0 Å². The van der Waals surface area contributed by atoms with Crippen LogP contribution in [-0.4, -0.2) is 38.5 Å². The molecule has 0 heterocycles. The number of hydrogen-bond donors (Lipinski definition) is 0. The molecule has 0 unspecified atom stereocenters. The third-order valence-electron chi connectivity index (χ3n) is 3.65. The molecule has 2 aromatic carbocycles. The van der Waals surface area contributed by atoms with E-state index in [1.165, 1.54) is 36.7 Å². The zero-order valence-electron chi connectivity index (χ0n) is 14.1. The molecule has 0 spiro atoms. The van der Waals surface area contributed by atoms with Crippen molar-refractivity contribution in [2.75, 3.05) is 13.1 Å². The lowest BCUT2D eigenvalue weighted by Crippen LogP contribution is -2.36. The van der Waals surface area contributed by atoms with E-state index < -0.39 is 20.0 Å². The topological polar surface area (TPSA) is 74.8 Å². The smallest absolute Gasteiger partial charge is 0.263 e. The summed E-state index contributed by atoms with van der Waals surface area (Å²) >= 11 is 0. The van der Waals surface area contributed by atoms with Gasteiger partial charge in [-0.15, -0.1) is 0 Å². The van der Waals surface area contributed by atoms with Crippen LogP contribution in [0.2, 0.25) is 0 Å². The summed E-state index contributed by atoms with van der Waals surface area (Å²) in [6.45, 7) is 6.86. The molecule has 26 heavy (non-hydrogen) atoms. The van der Waals surface area contributed by atoms with E-state index in [9.17, 15) is 16.8 Å². The van der Waals surface area contributed by atoms with E-state index in [-0.39, 0.29) is 22.9 Å². The molecule has 0 N–H and O–H groups in total. The highest BCUT2D eigenvalue weighted by molar-refractivity contribution is 7.89. The molecule has 0 bridgehead atoms. The lowest BCUT2D eigenvalue weighted by molar-refractivity contribution is 0.440. The van der Waals surface area contributed by atoms with Crippen LogP contribution >= 0.6 is 0 Å². The van der Waals surface area contributed by atoms with Crippen LogP contribution in [0.4, 0.5) is 0 Å². The van der Waals surface area contributed by atoms with E-state index in [1.807, 2.05) is 0 Å². The zero-order chi connectivity index (χ0) is 19.2. The maximum absolute atomic E-state index is 12.6. The summed E-state index contributed by atoms with van der Waals surface area (Å²) in [6.07, 6.45) is 2.33. The molecule has 0 amide bonds. The van der Waals surface area contributed by atoms with Gasteiger partial charge < -0.3 is 0 Å². The van der Waals surface area contributed by atoms with Gasteiger partial charge in [-0.2, -0.15) is 0 Å². The molecule has 138 valence electrons. The number of hydrogen-bond acceptors (Lipinski definition) is 4. The van der Waals surface area contributed by atoms with Gasteiger partial charge in [-0.3, -0.25) is 8.61 Å². The zero-order valence-corrected chi connectivity index (χ0v) is 15.7. The molecule has 0 aliphatic heterocycles. The van der Waals surface area contributed by atoms with Gasteiger partial charge in [0.05, 0.1) is 22.9 Å². The van der Waals surface area contributed by atoms with Gasteiger partial charge in [-0.1, -0.05) is 49.6 Å². The maximum atomic E-state index is 12.6. The minimum Gasteiger partial charge on any atom is -0.272 e. The number of benzene rings is 2. The van der Waals surface area contributed by atoms with E-state index in [2.05, 4.69) is 13.2 Å². The SMILES string of the molecule is C=CN(CCN(C=C)S(=O)(=O)c1ccccc1)S(=O)(=O)c1ccccc1. The minimum atomic E-state index is -3.81. The predicted molar refractivity (Wildman–Crippen MR) is 101 cm³/mol. The average molecular weight is 393 g/mol. The van der Waals surface area contributed by atoms with E-state index in [0.717, 1.165) is 8.61 Å². The van der Waals surface area contributed by atoms with Crippen LogP contribution in [0.25, 0.3) is 0 Å². The highest BCUT2D eigenvalue weighted by atomic mass is 32.2. The molecule has 0 atom stereocenters. The Hall–Kier alpha value is -2.58. The van der Waals surface area contributed by atoms with Crippen molar-refractivity contribution in [3.63, 3.8) is 0 Å². The Morgan fingerprint density at radius 3 is 1.23 bits per heavy atom. The fourth-order valence-corrected chi connectivity index (χ4v) is 4.85. The van der Waals surface area contributed by atoms with Gasteiger partial charge in [-0.05, 0) is 24.3 Å². The Morgan fingerprint density at radius 1 is 0.654 bits per heavy atom. The second-order valence-corrected chi connectivity index (χ2v) is 9.00. The summed E-state index contributed by atoms with van der Waals surface area (Å²) in [6, 6.07) is 15.8. The number of rotatable bonds is 9. The molecule has 0 aliphatic carbocycles. The van der Waals surface area contributed by atoms with Crippen LogP contribution in [0.15, 0.2) is 96.0 Å². The molecule has 0 saturated heterocycles. The van der Waals surface area contributed by atoms with Crippen LogP contribution in [0.3, 0.4) is 0 Å². The normalized spacial score (nSPS) is 11.5. The van der Waals surface area contributed by atoms with Crippen molar-refractivity contribution in [3.8, 4) is 0 Å². The van der Waals surface area contributed by atoms with Gasteiger partial charge in [0.15, 0.2) is 0 Å². The standard InChI is InChI=1S/C18H20N2O4S2/c1-3-19(25(21,22)17-11-7-5-8-12-17)15-16-20(4-2)26(23,24)18-13-9-6-10-14-18/h3-14H,1-2,15-16H2. The summed E-state index contributed by atoms with van der Waals surface area (Å²) in [5.74, 6) is 0.